The molecule has 0 aliphatic rings. The Hall–Kier alpha value is -1.48. The minimum atomic E-state index is -4.22. The van der Waals surface area contributed by atoms with Crippen molar-refractivity contribution in [1.82, 2.24) is 0 Å². The minimum absolute atomic E-state index is 0.573. The first-order valence-corrected chi connectivity index (χ1v) is 5.81. The molecule has 0 aromatic heterocycles. The average Bonchev–Trinajstić information content (AvgIpc) is 2.21. The molecule has 1 aromatic carbocycles. The van der Waals surface area contributed by atoms with Gasteiger partial charge in [-0.2, -0.15) is 5.26 Å². The number of benzene rings is 1. The van der Waals surface area contributed by atoms with Crippen molar-refractivity contribution in [3.05, 3.63) is 29.8 Å². The van der Waals surface area contributed by atoms with Crippen molar-refractivity contribution in [3.8, 4) is 6.07 Å². The number of rotatable bonds is 2. The van der Waals surface area contributed by atoms with Gasteiger partial charge in [0.05, 0.1) is 6.07 Å². The highest BCUT2D eigenvalue weighted by Gasteiger charge is 2.38. The molecule has 0 fully saturated rings. The van der Waals surface area contributed by atoms with Crippen LogP contribution in [0.2, 0.25) is 0 Å². The Bertz CT molecular complexity index is 559. The van der Waals surface area contributed by atoms with Crippen molar-refractivity contribution in [2.75, 3.05) is 0 Å². The SMILES string of the molecule is CC(C)(C#N)S(=O)(=O)c1cc(F)ccc1F. The molecule has 0 aliphatic heterocycles. The number of halogens is 2. The van der Waals surface area contributed by atoms with Crippen LogP contribution in [0.15, 0.2) is 23.1 Å². The van der Waals surface area contributed by atoms with Gasteiger partial charge in [0.25, 0.3) is 0 Å². The Balaban J connectivity index is 3.52. The Kier molecular flexibility index (Phi) is 3.01. The van der Waals surface area contributed by atoms with Gasteiger partial charge in [-0.3, -0.25) is 0 Å². The van der Waals surface area contributed by atoms with Gasteiger partial charge in [-0.15, -0.1) is 0 Å². The van der Waals surface area contributed by atoms with E-state index < -0.39 is 31.1 Å². The normalized spacial score (nSPS) is 12.2. The van der Waals surface area contributed by atoms with Crippen molar-refractivity contribution >= 4 is 9.84 Å². The van der Waals surface area contributed by atoms with E-state index in [0.717, 1.165) is 26.0 Å². The van der Waals surface area contributed by atoms with Gasteiger partial charge in [0.15, 0.2) is 14.6 Å². The lowest BCUT2D eigenvalue weighted by molar-refractivity contribution is 0.541. The standard InChI is InChI=1S/C10H9F2NO2S/c1-10(2,6-13)16(14,15)9-5-7(11)3-4-8(9)12/h3-5H,1-2H3. The molecule has 0 radical (unpaired) electrons. The van der Waals surface area contributed by atoms with Gasteiger partial charge in [-0.25, -0.2) is 17.2 Å². The molecule has 0 heterocycles. The van der Waals surface area contributed by atoms with Gasteiger partial charge in [0.2, 0.25) is 0 Å². The van der Waals surface area contributed by atoms with Crippen LogP contribution in [0.3, 0.4) is 0 Å². The van der Waals surface area contributed by atoms with Gasteiger partial charge >= 0.3 is 0 Å². The van der Waals surface area contributed by atoms with E-state index in [9.17, 15) is 17.2 Å². The summed E-state index contributed by atoms with van der Waals surface area (Å²) in [6.07, 6.45) is 0. The van der Waals surface area contributed by atoms with Crippen LogP contribution in [0.25, 0.3) is 0 Å². The Morgan fingerprint density at radius 3 is 2.38 bits per heavy atom. The van der Waals surface area contributed by atoms with Crippen molar-refractivity contribution in [2.24, 2.45) is 0 Å². The highest BCUT2D eigenvalue weighted by atomic mass is 32.2. The molecule has 0 atom stereocenters. The molecule has 0 spiro atoms. The van der Waals surface area contributed by atoms with E-state index in [2.05, 4.69) is 0 Å². The van der Waals surface area contributed by atoms with Crippen molar-refractivity contribution < 1.29 is 17.2 Å². The summed E-state index contributed by atoms with van der Waals surface area (Å²) < 4.78 is 48.0. The Morgan fingerprint density at radius 1 is 1.31 bits per heavy atom. The first-order valence-electron chi connectivity index (χ1n) is 4.33. The van der Waals surface area contributed by atoms with E-state index >= 15 is 0 Å². The smallest absolute Gasteiger partial charge is 0.199 e. The number of hydrogen-bond donors (Lipinski definition) is 0. The maximum absolute atomic E-state index is 13.3. The van der Waals surface area contributed by atoms with Crippen LogP contribution in [0, 0.1) is 23.0 Å². The summed E-state index contributed by atoms with van der Waals surface area (Å²) in [4.78, 5) is -0.793. The van der Waals surface area contributed by atoms with Crippen molar-refractivity contribution in [2.45, 2.75) is 23.5 Å². The molecule has 1 rings (SSSR count). The third-order valence-corrected chi connectivity index (χ3v) is 4.45. The average molecular weight is 245 g/mol. The summed E-state index contributed by atoms with van der Waals surface area (Å²) in [5.74, 6) is -1.93. The maximum atomic E-state index is 13.3. The van der Waals surface area contributed by atoms with Crippen LogP contribution in [0.1, 0.15) is 13.8 Å². The maximum Gasteiger partial charge on any atom is 0.199 e. The molecule has 0 amide bonds. The number of hydrogen-bond acceptors (Lipinski definition) is 3. The zero-order valence-corrected chi connectivity index (χ0v) is 9.48. The van der Waals surface area contributed by atoms with Gasteiger partial charge in [0, 0.05) is 0 Å². The van der Waals surface area contributed by atoms with Gasteiger partial charge in [-0.05, 0) is 32.0 Å². The molecular weight excluding hydrogens is 236 g/mol. The molecule has 0 saturated carbocycles. The molecule has 0 saturated heterocycles. The summed E-state index contributed by atoms with van der Waals surface area (Å²) >= 11 is 0. The molecule has 6 heteroatoms. The number of nitriles is 1. The Labute approximate surface area is 92.2 Å². The third-order valence-electron chi connectivity index (χ3n) is 2.12. The molecule has 3 nitrogen and oxygen atoms in total. The van der Waals surface area contributed by atoms with Crippen LogP contribution < -0.4 is 0 Å². The molecule has 0 bridgehead atoms. The van der Waals surface area contributed by atoms with Gasteiger partial charge in [0.1, 0.15) is 16.5 Å². The summed E-state index contributed by atoms with van der Waals surface area (Å²) in [7, 11) is -4.22. The van der Waals surface area contributed by atoms with Crippen LogP contribution in [-0.4, -0.2) is 13.2 Å². The fourth-order valence-corrected chi connectivity index (χ4v) is 2.28. The molecule has 0 unspecified atom stereocenters. The molecule has 16 heavy (non-hydrogen) atoms. The Morgan fingerprint density at radius 2 is 1.88 bits per heavy atom. The van der Waals surface area contributed by atoms with Crippen molar-refractivity contribution in [3.63, 3.8) is 0 Å². The van der Waals surface area contributed by atoms with E-state index in [0.29, 0.717) is 6.07 Å². The minimum Gasteiger partial charge on any atom is -0.222 e. The first-order chi connectivity index (χ1) is 7.22. The zero-order valence-electron chi connectivity index (χ0n) is 8.66. The number of nitrogens with zero attached hydrogens (tertiary/aromatic N) is 1. The first kappa shape index (κ1) is 12.6. The number of sulfone groups is 1. The summed E-state index contributed by atoms with van der Waals surface area (Å²) in [6.45, 7) is 2.26. The lowest BCUT2D eigenvalue weighted by Gasteiger charge is -2.16. The lowest BCUT2D eigenvalue weighted by atomic mass is 10.2. The second-order valence-corrected chi connectivity index (χ2v) is 6.17. The van der Waals surface area contributed by atoms with E-state index in [1.807, 2.05) is 0 Å². The fraction of sp³-hybridized carbons (Fsp3) is 0.300. The van der Waals surface area contributed by atoms with Crippen LogP contribution in [-0.2, 0) is 9.84 Å². The highest BCUT2D eigenvalue weighted by molar-refractivity contribution is 7.93. The molecule has 0 N–H and O–H groups in total. The zero-order chi connectivity index (χ0) is 12.6. The topological polar surface area (TPSA) is 57.9 Å². The third kappa shape index (κ3) is 1.91. The van der Waals surface area contributed by atoms with E-state index in [1.54, 1.807) is 6.07 Å². The highest BCUT2D eigenvalue weighted by Crippen LogP contribution is 2.27. The monoisotopic (exact) mass is 245 g/mol. The summed E-state index contributed by atoms with van der Waals surface area (Å²) in [6, 6.07) is 3.65. The summed E-state index contributed by atoms with van der Waals surface area (Å²) in [5.41, 5.74) is 0. The molecule has 86 valence electrons. The predicted molar refractivity (Wildman–Crippen MR) is 53.2 cm³/mol. The lowest BCUT2D eigenvalue weighted by Crippen LogP contribution is -2.30. The van der Waals surface area contributed by atoms with E-state index in [4.69, 9.17) is 5.26 Å². The van der Waals surface area contributed by atoms with Crippen LogP contribution in [0.4, 0.5) is 8.78 Å². The van der Waals surface area contributed by atoms with Crippen molar-refractivity contribution in [1.29, 1.82) is 5.26 Å². The van der Waals surface area contributed by atoms with Crippen LogP contribution in [0.5, 0.6) is 0 Å². The predicted octanol–water partition coefficient (Wildman–Crippen LogP) is 2.04. The summed E-state index contributed by atoms with van der Waals surface area (Å²) in [5, 5.41) is 8.71. The van der Waals surface area contributed by atoms with E-state index in [-0.39, 0.29) is 0 Å². The fourth-order valence-electron chi connectivity index (χ4n) is 1.02. The largest absolute Gasteiger partial charge is 0.222 e. The second-order valence-electron chi connectivity index (χ2n) is 3.70. The molecule has 1 aromatic rings. The van der Waals surface area contributed by atoms with Crippen LogP contribution >= 0.6 is 0 Å². The van der Waals surface area contributed by atoms with Gasteiger partial charge in [-0.1, -0.05) is 0 Å². The quantitative estimate of drug-likeness (QED) is 0.801. The second kappa shape index (κ2) is 3.83. The molecular formula is C10H9F2NO2S. The molecule has 0 aliphatic carbocycles. The van der Waals surface area contributed by atoms with Gasteiger partial charge < -0.3 is 0 Å². The van der Waals surface area contributed by atoms with E-state index in [1.165, 1.54) is 0 Å².